The van der Waals surface area contributed by atoms with Crippen LogP contribution in [0.5, 0.6) is 5.75 Å². The van der Waals surface area contributed by atoms with Crippen molar-refractivity contribution >= 4 is 11.5 Å². The third-order valence-corrected chi connectivity index (χ3v) is 3.39. The summed E-state index contributed by atoms with van der Waals surface area (Å²) in [5, 5.41) is 3.86. The SMILES string of the molecule is CC#CC(=O)C(=NOC)c1ccccc1COc1ccccc1C. The second-order valence-corrected chi connectivity index (χ2v) is 5.04. The Morgan fingerprint density at radius 1 is 1.12 bits per heavy atom. The quantitative estimate of drug-likeness (QED) is 0.354. The van der Waals surface area contributed by atoms with E-state index in [1.165, 1.54) is 7.11 Å². The second-order valence-electron chi connectivity index (χ2n) is 5.04. The van der Waals surface area contributed by atoms with Crippen LogP contribution in [0.4, 0.5) is 0 Å². The summed E-state index contributed by atoms with van der Waals surface area (Å²) in [4.78, 5) is 17.0. The van der Waals surface area contributed by atoms with Crippen LogP contribution in [0.3, 0.4) is 0 Å². The molecular weight excluding hydrogens is 302 g/mol. The lowest BCUT2D eigenvalue weighted by Crippen LogP contribution is -2.17. The Morgan fingerprint density at radius 3 is 2.54 bits per heavy atom. The molecular formula is C20H19NO3. The molecule has 122 valence electrons. The zero-order valence-electron chi connectivity index (χ0n) is 14.0. The molecule has 0 saturated heterocycles. The third kappa shape index (κ3) is 4.23. The number of ether oxygens (including phenoxy) is 1. The Labute approximate surface area is 142 Å². The first-order valence-corrected chi connectivity index (χ1v) is 7.52. The van der Waals surface area contributed by atoms with E-state index in [0.29, 0.717) is 12.2 Å². The van der Waals surface area contributed by atoms with Gasteiger partial charge >= 0.3 is 0 Å². The van der Waals surface area contributed by atoms with E-state index < -0.39 is 0 Å². The minimum Gasteiger partial charge on any atom is -0.489 e. The van der Waals surface area contributed by atoms with Crippen LogP contribution in [0.15, 0.2) is 53.7 Å². The lowest BCUT2D eigenvalue weighted by atomic mass is 10.0. The van der Waals surface area contributed by atoms with E-state index in [2.05, 4.69) is 17.0 Å². The van der Waals surface area contributed by atoms with Crippen molar-refractivity contribution < 1.29 is 14.4 Å². The molecule has 0 fully saturated rings. The summed E-state index contributed by atoms with van der Waals surface area (Å²) in [5.41, 5.74) is 2.72. The van der Waals surface area contributed by atoms with Crippen molar-refractivity contribution in [2.75, 3.05) is 7.11 Å². The standard InChI is InChI=1S/C20H19NO3/c1-4-9-18(22)20(21-23-3)17-12-7-6-11-16(17)14-24-19-13-8-5-10-15(19)2/h5-8,10-13H,14H2,1-3H3. The molecule has 0 N–H and O–H groups in total. The van der Waals surface area contributed by atoms with E-state index in [9.17, 15) is 4.79 Å². The van der Waals surface area contributed by atoms with Crippen molar-refractivity contribution in [3.8, 4) is 17.6 Å². The summed E-state index contributed by atoms with van der Waals surface area (Å²) >= 11 is 0. The van der Waals surface area contributed by atoms with Gasteiger partial charge in [0, 0.05) is 5.56 Å². The number of nitrogens with zero attached hydrogens (tertiary/aromatic N) is 1. The van der Waals surface area contributed by atoms with Crippen LogP contribution in [0.1, 0.15) is 23.6 Å². The molecule has 4 nitrogen and oxygen atoms in total. The minimum absolute atomic E-state index is 0.177. The van der Waals surface area contributed by atoms with Crippen molar-refractivity contribution in [2.24, 2.45) is 5.16 Å². The van der Waals surface area contributed by atoms with Crippen molar-refractivity contribution in [3.05, 3.63) is 65.2 Å². The first kappa shape index (κ1) is 17.3. The molecule has 0 heterocycles. The number of Topliss-reactive ketones (excluding diaryl/α,β-unsaturated/α-hetero) is 1. The molecule has 2 aromatic carbocycles. The van der Waals surface area contributed by atoms with Crippen molar-refractivity contribution in [1.29, 1.82) is 0 Å². The first-order valence-electron chi connectivity index (χ1n) is 7.52. The van der Waals surface area contributed by atoms with Crippen LogP contribution < -0.4 is 4.74 Å². The molecule has 2 aromatic rings. The number of oxime groups is 1. The molecule has 2 rings (SSSR count). The lowest BCUT2D eigenvalue weighted by molar-refractivity contribution is -0.108. The Hall–Kier alpha value is -3.06. The normalized spacial score (nSPS) is 10.5. The Kier molecular flexibility index (Phi) is 6.16. The van der Waals surface area contributed by atoms with E-state index in [1.807, 2.05) is 55.5 Å². The Balaban J connectivity index is 2.32. The van der Waals surface area contributed by atoms with Gasteiger partial charge in [0.25, 0.3) is 5.78 Å². The molecule has 0 aliphatic carbocycles. The molecule has 0 amide bonds. The fourth-order valence-electron chi connectivity index (χ4n) is 2.23. The molecule has 0 bridgehead atoms. The number of rotatable bonds is 6. The van der Waals surface area contributed by atoms with E-state index in [-0.39, 0.29) is 11.5 Å². The fourth-order valence-corrected chi connectivity index (χ4v) is 2.23. The topological polar surface area (TPSA) is 47.9 Å². The van der Waals surface area contributed by atoms with Gasteiger partial charge < -0.3 is 9.57 Å². The van der Waals surface area contributed by atoms with Gasteiger partial charge in [-0.05, 0) is 37.0 Å². The Morgan fingerprint density at radius 2 is 1.83 bits per heavy atom. The monoisotopic (exact) mass is 321 g/mol. The van der Waals surface area contributed by atoms with Gasteiger partial charge in [0.1, 0.15) is 19.5 Å². The average molecular weight is 321 g/mol. The van der Waals surface area contributed by atoms with Gasteiger partial charge in [-0.1, -0.05) is 53.5 Å². The molecule has 0 saturated carbocycles. The van der Waals surface area contributed by atoms with Gasteiger partial charge in [0.15, 0.2) is 5.71 Å². The number of benzene rings is 2. The van der Waals surface area contributed by atoms with Crippen molar-refractivity contribution in [2.45, 2.75) is 20.5 Å². The lowest BCUT2D eigenvalue weighted by Gasteiger charge is -2.12. The van der Waals surface area contributed by atoms with Crippen LogP contribution in [0.2, 0.25) is 0 Å². The van der Waals surface area contributed by atoms with Gasteiger partial charge in [-0.2, -0.15) is 0 Å². The zero-order chi connectivity index (χ0) is 17.4. The smallest absolute Gasteiger partial charge is 0.258 e. The maximum absolute atomic E-state index is 12.2. The number of para-hydroxylation sites is 1. The molecule has 0 aliphatic heterocycles. The van der Waals surface area contributed by atoms with Gasteiger partial charge in [-0.25, -0.2) is 0 Å². The minimum atomic E-state index is -0.386. The summed E-state index contributed by atoms with van der Waals surface area (Å²) in [7, 11) is 1.40. The molecule has 0 atom stereocenters. The molecule has 0 spiro atoms. The molecule has 0 radical (unpaired) electrons. The van der Waals surface area contributed by atoms with E-state index in [0.717, 1.165) is 16.9 Å². The highest BCUT2D eigenvalue weighted by Gasteiger charge is 2.17. The van der Waals surface area contributed by atoms with Crippen LogP contribution in [0.25, 0.3) is 0 Å². The fraction of sp³-hybridized carbons (Fsp3) is 0.200. The van der Waals surface area contributed by atoms with Crippen LogP contribution in [-0.4, -0.2) is 18.6 Å². The highest BCUT2D eigenvalue weighted by molar-refractivity contribution is 6.51. The van der Waals surface area contributed by atoms with Crippen LogP contribution >= 0.6 is 0 Å². The van der Waals surface area contributed by atoms with E-state index in [1.54, 1.807) is 6.92 Å². The largest absolute Gasteiger partial charge is 0.489 e. The highest BCUT2D eigenvalue weighted by Crippen LogP contribution is 2.19. The molecule has 0 aliphatic rings. The number of ketones is 1. The van der Waals surface area contributed by atoms with Gasteiger partial charge in [-0.15, -0.1) is 0 Å². The molecule has 4 heteroatoms. The number of hydrogen-bond acceptors (Lipinski definition) is 4. The summed E-state index contributed by atoms with van der Waals surface area (Å²) < 4.78 is 5.89. The number of hydrogen-bond donors (Lipinski definition) is 0. The maximum Gasteiger partial charge on any atom is 0.258 e. The van der Waals surface area contributed by atoms with Gasteiger partial charge in [0.2, 0.25) is 0 Å². The molecule has 24 heavy (non-hydrogen) atoms. The number of aryl methyl sites for hydroxylation is 1. The summed E-state index contributed by atoms with van der Waals surface area (Å²) in [6.07, 6.45) is 0. The van der Waals surface area contributed by atoms with E-state index >= 15 is 0 Å². The number of carbonyl (C=O) groups is 1. The first-order chi connectivity index (χ1) is 11.7. The Bertz CT molecular complexity index is 813. The van der Waals surface area contributed by atoms with E-state index in [4.69, 9.17) is 9.57 Å². The van der Waals surface area contributed by atoms with Crippen LogP contribution in [0, 0.1) is 18.8 Å². The van der Waals surface area contributed by atoms with Crippen LogP contribution in [-0.2, 0) is 16.2 Å². The summed E-state index contributed by atoms with van der Waals surface area (Å²) in [6, 6.07) is 15.2. The second kappa shape index (κ2) is 8.54. The third-order valence-electron chi connectivity index (χ3n) is 3.39. The maximum atomic E-state index is 12.2. The molecule has 0 aromatic heterocycles. The average Bonchev–Trinajstić information content (AvgIpc) is 2.59. The van der Waals surface area contributed by atoms with Gasteiger partial charge in [0.05, 0.1) is 0 Å². The predicted octanol–water partition coefficient (Wildman–Crippen LogP) is 3.52. The van der Waals surface area contributed by atoms with Gasteiger partial charge in [-0.3, -0.25) is 4.79 Å². The summed E-state index contributed by atoms with van der Waals surface area (Å²) in [5.74, 6) is 5.51. The summed E-state index contributed by atoms with van der Waals surface area (Å²) in [6.45, 7) is 3.91. The number of carbonyl (C=O) groups excluding carboxylic acids is 1. The molecule has 0 unspecified atom stereocenters. The van der Waals surface area contributed by atoms with Crippen molar-refractivity contribution in [3.63, 3.8) is 0 Å². The van der Waals surface area contributed by atoms with Crippen molar-refractivity contribution in [1.82, 2.24) is 0 Å². The predicted molar refractivity (Wildman–Crippen MR) is 94.0 cm³/mol. The highest BCUT2D eigenvalue weighted by atomic mass is 16.6. The zero-order valence-corrected chi connectivity index (χ0v) is 14.0.